The number of aromatic nitrogens is 1. The van der Waals surface area contributed by atoms with Gasteiger partial charge in [-0.3, -0.25) is 9.36 Å². The second kappa shape index (κ2) is 12.7. The molecule has 5 rings (SSSR count). The SMILES string of the molecule is CCOC(=O)C1=C(C)N=c2s/c(=C\c3ccccc3OCCOc3ccccc3)c(=O)n2[C@H]1c1ccc(OC)cc1. The van der Waals surface area contributed by atoms with Crippen molar-refractivity contribution in [2.45, 2.75) is 19.9 Å². The number of nitrogens with zero attached hydrogens (tertiary/aromatic N) is 2. The van der Waals surface area contributed by atoms with Gasteiger partial charge < -0.3 is 18.9 Å². The quantitative estimate of drug-likeness (QED) is 0.209. The van der Waals surface area contributed by atoms with E-state index in [-0.39, 0.29) is 12.2 Å². The molecule has 0 radical (unpaired) electrons. The number of ether oxygens (including phenoxy) is 4. The first-order chi connectivity index (χ1) is 20.0. The first-order valence-corrected chi connectivity index (χ1v) is 14.0. The number of methoxy groups -OCH3 is 1. The number of esters is 1. The highest BCUT2D eigenvalue weighted by Crippen LogP contribution is 2.31. The monoisotopic (exact) mass is 570 g/mol. The van der Waals surface area contributed by atoms with Gasteiger partial charge in [-0.05, 0) is 55.8 Å². The van der Waals surface area contributed by atoms with Gasteiger partial charge in [0, 0.05) is 5.56 Å². The molecule has 2 heterocycles. The summed E-state index contributed by atoms with van der Waals surface area (Å²) in [5.41, 5.74) is 2.08. The Morgan fingerprint density at radius 2 is 1.66 bits per heavy atom. The second-order valence-electron chi connectivity index (χ2n) is 9.12. The maximum atomic E-state index is 13.9. The lowest BCUT2D eigenvalue weighted by molar-refractivity contribution is -0.139. The van der Waals surface area contributed by atoms with Gasteiger partial charge in [-0.15, -0.1) is 0 Å². The fourth-order valence-electron chi connectivity index (χ4n) is 4.59. The normalized spacial score (nSPS) is 14.7. The van der Waals surface area contributed by atoms with Gasteiger partial charge in [0.15, 0.2) is 4.80 Å². The molecule has 1 aromatic heterocycles. The minimum absolute atomic E-state index is 0.211. The van der Waals surface area contributed by atoms with Crippen LogP contribution < -0.4 is 29.1 Å². The number of thiazole rings is 1. The molecule has 0 saturated carbocycles. The van der Waals surface area contributed by atoms with E-state index in [4.69, 9.17) is 18.9 Å². The van der Waals surface area contributed by atoms with Crippen LogP contribution in [0.1, 0.15) is 31.0 Å². The molecule has 4 aromatic rings. The van der Waals surface area contributed by atoms with Gasteiger partial charge in [0.1, 0.15) is 30.5 Å². The number of benzene rings is 3. The van der Waals surface area contributed by atoms with Crippen LogP contribution in [0.4, 0.5) is 0 Å². The minimum atomic E-state index is -0.694. The Morgan fingerprint density at radius 1 is 0.951 bits per heavy atom. The standard InChI is InChI=1S/C32H30N2O6S/c1-4-38-31(36)28-21(2)33-32-34(29(28)22-14-16-24(37-3)17-15-22)30(35)27(41-32)20-23-10-8-9-13-26(23)40-19-18-39-25-11-6-5-7-12-25/h5-17,20,29H,4,18-19H2,1-3H3/b27-20-/t29-/m0/s1. The highest BCUT2D eigenvalue weighted by Gasteiger charge is 2.33. The van der Waals surface area contributed by atoms with Gasteiger partial charge in [-0.2, -0.15) is 0 Å². The van der Waals surface area contributed by atoms with E-state index in [2.05, 4.69) is 4.99 Å². The Bertz CT molecular complexity index is 1740. The van der Waals surface area contributed by atoms with E-state index < -0.39 is 12.0 Å². The van der Waals surface area contributed by atoms with E-state index in [1.165, 1.54) is 11.3 Å². The lowest BCUT2D eigenvalue weighted by Crippen LogP contribution is -2.39. The van der Waals surface area contributed by atoms with Crippen molar-refractivity contribution in [3.8, 4) is 17.2 Å². The summed E-state index contributed by atoms with van der Waals surface area (Å²) in [6.07, 6.45) is 1.80. The zero-order chi connectivity index (χ0) is 28.8. The van der Waals surface area contributed by atoms with Crippen LogP contribution in [0.5, 0.6) is 17.2 Å². The Balaban J connectivity index is 1.50. The summed E-state index contributed by atoms with van der Waals surface area (Å²) in [6.45, 7) is 4.43. The summed E-state index contributed by atoms with van der Waals surface area (Å²) < 4.78 is 24.5. The Labute approximate surface area is 241 Å². The molecule has 9 heteroatoms. The van der Waals surface area contributed by atoms with Gasteiger partial charge in [0.2, 0.25) is 0 Å². The molecule has 0 fully saturated rings. The van der Waals surface area contributed by atoms with E-state index in [0.29, 0.717) is 45.3 Å². The molecule has 1 aliphatic rings. The van der Waals surface area contributed by atoms with Crippen molar-refractivity contribution in [1.29, 1.82) is 0 Å². The lowest BCUT2D eigenvalue weighted by atomic mass is 9.96. The molecule has 210 valence electrons. The van der Waals surface area contributed by atoms with Crippen LogP contribution in [0.3, 0.4) is 0 Å². The van der Waals surface area contributed by atoms with Gasteiger partial charge in [-0.25, -0.2) is 9.79 Å². The second-order valence-corrected chi connectivity index (χ2v) is 10.1. The smallest absolute Gasteiger partial charge is 0.338 e. The number of allylic oxidation sites excluding steroid dienone is 1. The average molecular weight is 571 g/mol. The highest BCUT2D eigenvalue weighted by molar-refractivity contribution is 7.07. The molecule has 0 saturated heterocycles. The molecule has 0 amide bonds. The Kier molecular flexibility index (Phi) is 8.64. The summed E-state index contributed by atoms with van der Waals surface area (Å²) in [7, 11) is 1.59. The van der Waals surface area contributed by atoms with Gasteiger partial charge in [-0.1, -0.05) is 59.9 Å². The van der Waals surface area contributed by atoms with E-state index in [0.717, 1.165) is 16.9 Å². The number of rotatable bonds is 10. The summed E-state index contributed by atoms with van der Waals surface area (Å²) in [4.78, 5) is 32.1. The van der Waals surface area contributed by atoms with Crippen molar-refractivity contribution < 1.29 is 23.7 Å². The predicted molar refractivity (Wildman–Crippen MR) is 157 cm³/mol. The fourth-order valence-corrected chi connectivity index (χ4v) is 5.63. The molecule has 41 heavy (non-hydrogen) atoms. The van der Waals surface area contributed by atoms with E-state index in [1.54, 1.807) is 43.7 Å². The lowest BCUT2D eigenvalue weighted by Gasteiger charge is -2.24. The molecule has 1 atom stereocenters. The molecular weight excluding hydrogens is 540 g/mol. The number of fused-ring (bicyclic) bond motifs is 1. The molecule has 8 nitrogen and oxygen atoms in total. The van der Waals surface area contributed by atoms with E-state index >= 15 is 0 Å². The molecule has 0 spiro atoms. The van der Waals surface area contributed by atoms with Crippen LogP contribution in [0.15, 0.2) is 99.9 Å². The number of hydrogen-bond donors (Lipinski definition) is 0. The van der Waals surface area contributed by atoms with Crippen molar-refractivity contribution in [2.75, 3.05) is 26.9 Å². The summed E-state index contributed by atoms with van der Waals surface area (Å²) in [6, 6.07) is 23.7. The molecule has 0 aliphatic carbocycles. The summed E-state index contributed by atoms with van der Waals surface area (Å²) in [5.74, 6) is 1.57. The highest BCUT2D eigenvalue weighted by atomic mass is 32.1. The average Bonchev–Trinajstić information content (AvgIpc) is 3.30. The van der Waals surface area contributed by atoms with Gasteiger partial charge >= 0.3 is 5.97 Å². The number of carbonyl (C=O) groups is 1. The first-order valence-electron chi connectivity index (χ1n) is 13.2. The largest absolute Gasteiger partial charge is 0.497 e. The number of carbonyl (C=O) groups excluding carboxylic acids is 1. The molecule has 0 bridgehead atoms. The number of para-hydroxylation sites is 2. The molecule has 3 aromatic carbocycles. The predicted octanol–water partition coefficient (Wildman–Crippen LogP) is 4.26. The van der Waals surface area contributed by atoms with Gasteiger partial charge in [0.25, 0.3) is 5.56 Å². The van der Waals surface area contributed by atoms with Crippen LogP contribution in [-0.2, 0) is 9.53 Å². The third-order valence-corrected chi connectivity index (χ3v) is 7.49. The fraction of sp³-hybridized carbons (Fsp3) is 0.219. The maximum absolute atomic E-state index is 13.9. The molecule has 1 aliphatic heterocycles. The van der Waals surface area contributed by atoms with Crippen molar-refractivity contribution in [3.05, 3.63) is 121 Å². The zero-order valence-electron chi connectivity index (χ0n) is 23.0. The number of hydrogen-bond acceptors (Lipinski definition) is 8. The summed E-state index contributed by atoms with van der Waals surface area (Å²) in [5, 5.41) is 0. The van der Waals surface area contributed by atoms with Crippen molar-refractivity contribution >= 4 is 23.4 Å². The van der Waals surface area contributed by atoms with E-state index in [1.807, 2.05) is 66.7 Å². The van der Waals surface area contributed by atoms with Crippen molar-refractivity contribution in [1.82, 2.24) is 4.57 Å². The third-order valence-electron chi connectivity index (χ3n) is 6.51. The van der Waals surface area contributed by atoms with Crippen LogP contribution in [0.2, 0.25) is 0 Å². The summed E-state index contributed by atoms with van der Waals surface area (Å²) >= 11 is 1.27. The van der Waals surface area contributed by atoms with E-state index in [9.17, 15) is 9.59 Å². The molecule has 0 unspecified atom stereocenters. The Hall–Kier alpha value is -4.63. The Morgan fingerprint density at radius 3 is 2.39 bits per heavy atom. The third kappa shape index (κ3) is 6.10. The van der Waals surface area contributed by atoms with Gasteiger partial charge in [0.05, 0.1) is 35.6 Å². The first kappa shape index (κ1) is 27.9. The van der Waals surface area contributed by atoms with Crippen molar-refractivity contribution in [3.63, 3.8) is 0 Å². The zero-order valence-corrected chi connectivity index (χ0v) is 23.9. The van der Waals surface area contributed by atoms with Crippen LogP contribution in [-0.4, -0.2) is 37.5 Å². The maximum Gasteiger partial charge on any atom is 0.338 e. The molecular formula is C32H30N2O6S. The van der Waals surface area contributed by atoms with Crippen LogP contribution in [0, 0.1) is 0 Å². The topological polar surface area (TPSA) is 88.4 Å². The van der Waals surface area contributed by atoms with Crippen molar-refractivity contribution in [2.24, 2.45) is 4.99 Å². The minimum Gasteiger partial charge on any atom is -0.497 e. The molecule has 0 N–H and O–H groups in total. The van der Waals surface area contributed by atoms with Crippen LogP contribution >= 0.6 is 11.3 Å². The van der Waals surface area contributed by atoms with Crippen LogP contribution in [0.25, 0.3) is 6.08 Å².